The van der Waals surface area contributed by atoms with Crippen molar-refractivity contribution in [1.82, 2.24) is 5.32 Å². The number of nitrogens with one attached hydrogen (secondary N) is 1. The first-order chi connectivity index (χ1) is 12.9. The summed E-state index contributed by atoms with van der Waals surface area (Å²) in [5.41, 5.74) is 0.310. The standard InChI is InChI=1S/C18H22N2O6S/c1-19-18(21)12-20(13-5-7-14(24-2)8-6-13)27(22,23)17-11-15(25-3)9-10-16(17)26-4/h5-11H,12H2,1-4H3,(H,19,21). The van der Waals surface area contributed by atoms with Crippen molar-refractivity contribution in [3.63, 3.8) is 0 Å². The summed E-state index contributed by atoms with van der Waals surface area (Å²) in [6.45, 7) is -0.397. The number of hydrogen-bond donors (Lipinski definition) is 1. The van der Waals surface area contributed by atoms with E-state index in [9.17, 15) is 13.2 Å². The van der Waals surface area contributed by atoms with Gasteiger partial charge in [-0.25, -0.2) is 8.42 Å². The van der Waals surface area contributed by atoms with Crippen LogP contribution in [0.3, 0.4) is 0 Å². The number of sulfonamides is 1. The molecule has 27 heavy (non-hydrogen) atoms. The molecule has 0 aliphatic rings. The molecule has 1 amide bonds. The summed E-state index contributed by atoms with van der Waals surface area (Å²) in [5, 5.41) is 2.44. The lowest BCUT2D eigenvalue weighted by molar-refractivity contribution is -0.119. The number of methoxy groups -OCH3 is 3. The van der Waals surface area contributed by atoms with Gasteiger partial charge in [0.25, 0.3) is 10.0 Å². The monoisotopic (exact) mass is 394 g/mol. The third-order valence-electron chi connectivity index (χ3n) is 3.87. The van der Waals surface area contributed by atoms with Gasteiger partial charge < -0.3 is 19.5 Å². The maximum Gasteiger partial charge on any atom is 0.268 e. The molecule has 146 valence electrons. The topological polar surface area (TPSA) is 94.2 Å². The van der Waals surface area contributed by atoms with E-state index in [1.54, 1.807) is 30.3 Å². The minimum Gasteiger partial charge on any atom is -0.497 e. The molecule has 0 radical (unpaired) electrons. The zero-order valence-electron chi connectivity index (χ0n) is 15.6. The predicted octanol–water partition coefficient (Wildman–Crippen LogP) is 1.65. The van der Waals surface area contributed by atoms with E-state index in [0.717, 1.165) is 4.31 Å². The van der Waals surface area contributed by atoms with E-state index in [2.05, 4.69) is 5.32 Å². The van der Waals surface area contributed by atoms with Crippen LogP contribution in [0.2, 0.25) is 0 Å². The number of likely N-dealkylation sites (N-methyl/N-ethyl adjacent to an activating group) is 1. The molecule has 1 N–H and O–H groups in total. The molecule has 8 nitrogen and oxygen atoms in total. The number of amides is 1. The van der Waals surface area contributed by atoms with Crippen LogP contribution in [0.1, 0.15) is 0 Å². The molecule has 2 rings (SSSR count). The molecule has 0 aromatic heterocycles. The van der Waals surface area contributed by atoms with Crippen LogP contribution in [0.15, 0.2) is 47.4 Å². The molecule has 0 fully saturated rings. The predicted molar refractivity (Wildman–Crippen MR) is 101 cm³/mol. The largest absolute Gasteiger partial charge is 0.497 e. The van der Waals surface area contributed by atoms with E-state index >= 15 is 0 Å². The van der Waals surface area contributed by atoms with E-state index in [4.69, 9.17) is 14.2 Å². The molecule has 9 heteroatoms. The Morgan fingerprint density at radius 3 is 2.07 bits per heavy atom. The lowest BCUT2D eigenvalue weighted by Crippen LogP contribution is -2.39. The minimum absolute atomic E-state index is 0.107. The fourth-order valence-corrected chi connectivity index (χ4v) is 3.97. The SMILES string of the molecule is CNC(=O)CN(c1ccc(OC)cc1)S(=O)(=O)c1cc(OC)ccc1OC. The summed E-state index contributed by atoms with van der Waals surface area (Å²) in [6.07, 6.45) is 0. The molecule has 0 unspecified atom stereocenters. The quantitative estimate of drug-likeness (QED) is 0.732. The average Bonchev–Trinajstić information content (AvgIpc) is 2.71. The number of rotatable bonds is 8. The lowest BCUT2D eigenvalue weighted by atomic mass is 10.3. The van der Waals surface area contributed by atoms with Crippen LogP contribution in [0.5, 0.6) is 17.2 Å². The van der Waals surface area contributed by atoms with Crippen LogP contribution < -0.4 is 23.8 Å². The normalized spacial score (nSPS) is 10.8. The number of hydrogen-bond acceptors (Lipinski definition) is 6. The summed E-state index contributed by atoms with van der Waals surface area (Å²) < 4.78 is 43.2. The third kappa shape index (κ3) is 4.43. The highest BCUT2D eigenvalue weighted by atomic mass is 32.2. The van der Waals surface area contributed by atoms with Crippen molar-refractivity contribution in [2.45, 2.75) is 4.90 Å². The van der Waals surface area contributed by atoms with Gasteiger partial charge in [-0.2, -0.15) is 0 Å². The molecule has 0 aliphatic heterocycles. The highest BCUT2D eigenvalue weighted by Gasteiger charge is 2.30. The van der Waals surface area contributed by atoms with Crippen molar-refractivity contribution in [2.75, 3.05) is 39.2 Å². The van der Waals surface area contributed by atoms with Gasteiger partial charge >= 0.3 is 0 Å². The smallest absolute Gasteiger partial charge is 0.268 e. The molecule has 2 aromatic carbocycles. The zero-order valence-corrected chi connectivity index (χ0v) is 16.4. The highest BCUT2D eigenvalue weighted by Crippen LogP contribution is 2.33. The van der Waals surface area contributed by atoms with Gasteiger partial charge in [-0.1, -0.05) is 0 Å². The van der Waals surface area contributed by atoms with Crippen LogP contribution >= 0.6 is 0 Å². The lowest BCUT2D eigenvalue weighted by Gasteiger charge is -2.25. The van der Waals surface area contributed by atoms with Crippen LogP contribution in [-0.2, 0) is 14.8 Å². The first kappa shape index (κ1) is 20.4. The Labute approximate surface area is 158 Å². The summed E-state index contributed by atoms with van der Waals surface area (Å²) in [5.74, 6) is 0.599. The van der Waals surface area contributed by atoms with E-state index in [1.807, 2.05) is 0 Å². The molecule has 0 spiro atoms. The Bertz CT molecular complexity index is 897. The number of nitrogens with zero attached hydrogens (tertiary/aromatic N) is 1. The molecule has 0 aliphatic carbocycles. The summed E-state index contributed by atoms with van der Waals surface area (Å²) >= 11 is 0. The number of benzene rings is 2. The molecule has 0 heterocycles. The van der Waals surface area contributed by atoms with Crippen LogP contribution in [0, 0.1) is 0 Å². The van der Waals surface area contributed by atoms with Crippen LogP contribution in [-0.4, -0.2) is 49.2 Å². The molecule has 0 saturated carbocycles. The highest BCUT2D eigenvalue weighted by molar-refractivity contribution is 7.93. The number of carbonyl (C=O) groups is 1. The van der Waals surface area contributed by atoms with Gasteiger partial charge in [-0.3, -0.25) is 9.10 Å². The van der Waals surface area contributed by atoms with Crippen molar-refractivity contribution >= 4 is 21.6 Å². The van der Waals surface area contributed by atoms with Crippen molar-refractivity contribution in [1.29, 1.82) is 0 Å². The van der Waals surface area contributed by atoms with Gasteiger partial charge in [0.1, 0.15) is 28.7 Å². The van der Waals surface area contributed by atoms with Gasteiger partial charge in [0.15, 0.2) is 0 Å². The van der Waals surface area contributed by atoms with Crippen LogP contribution in [0.25, 0.3) is 0 Å². The molecule has 0 bridgehead atoms. The zero-order chi connectivity index (χ0) is 20.0. The Morgan fingerprint density at radius 1 is 0.963 bits per heavy atom. The van der Waals surface area contributed by atoms with Gasteiger partial charge in [0, 0.05) is 13.1 Å². The number of anilines is 1. The Balaban J connectivity index is 2.60. The summed E-state index contributed by atoms with van der Waals surface area (Å²) in [6, 6.07) is 10.8. The Hall–Kier alpha value is -2.94. The molecule has 0 atom stereocenters. The van der Waals surface area contributed by atoms with Gasteiger partial charge in [0.05, 0.1) is 27.0 Å². The average molecular weight is 394 g/mol. The Kier molecular flexibility index (Phi) is 6.51. The van der Waals surface area contributed by atoms with Crippen molar-refractivity contribution < 1.29 is 27.4 Å². The van der Waals surface area contributed by atoms with Crippen molar-refractivity contribution in [2.24, 2.45) is 0 Å². The summed E-state index contributed by atoms with van der Waals surface area (Å²) in [7, 11) is 1.63. The van der Waals surface area contributed by atoms with E-state index in [0.29, 0.717) is 17.2 Å². The van der Waals surface area contributed by atoms with E-state index in [-0.39, 0.29) is 10.6 Å². The second-order valence-corrected chi connectivity index (χ2v) is 7.23. The minimum atomic E-state index is -4.13. The van der Waals surface area contributed by atoms with Gasteiger partial charge in [0.2, 0.25) is 5.91 Å². The Morgan fingerprint density at radius 2 is 1.56 bits per heavy atom. The van der Waals surface area contributed by atoms with Gasteiger partial charge in [-0.15, -0.1) is 0 Å². The maximum absolute atomic E-state index is 13.4. The first-order valence-electron chi connectivity index (χ1n) is 7.96. The first-order valence-corrected chi connectivity index (χ1v) is 9.40. The molecular formula is C18H22N2O6S. The number of carbonyl (C=O) groups excluding carboxylic acids is 1. The van der Waals surface area contributed by atoms with Crippen molar-refractivity contribution in [3.05, 3.63) is 42.5 Å². The second kappa shape index (κ2) is 8.63. The fraction of sp³-hybridized carbons (Fsp3) is 0.278. The molecule has 2 aromatic rings. The van der Waals surface area contributed by atoms with Gasteiger partial charge in [-0.05, 0) is 36.4 Å². The second-order valence-electron chi connectivity index (χ2n) is 5.40. The third-order valence-corrected chi connectivity index (χ3v) is 5.66. The van der Waals surface area contributed by atoms with Crippen molar-refractivity contribution in [3.8, 4) is 17.2 Å². The van der Waals surface area contributed by atoms with E-state index < -0.39 is 22.5 Å². The van der Waals surface area contributed by atoms with Crippen LogP contribution in [0.4, 0.5) is 5.69 Å². The number of ether oxygens (including phenoxy) is 3. The molecular weight excluding hydrogens is 372 g/mol. The molecule has 0 saturated heterocycles. The summed E-state index contributed by atoms with van der Waals surface area (Å²) in [4.78, 5) is 11.9. The van der Waals surface area contributed by atoms with E-state index in [1.165, 1.54) is 40.5 Å². The maximum atomic E-state index is 13.4. The fourth-order valence-electron chi connectivity index (χ4n) is 2.38.